The van der Waals surface area contributed by atoms with Crippen molar-refractivity contribution in [1.29, 1.82) is 0 Å². The molecule has 0 atom stereocenters. The Kier molecular flexibility index (Phi) is 7.56. The van der Waals surface area contributed by atoms with Crippen LogP contribution in [0.25, 0.3) is 72.3 Å². The molecule has 0 aliphatic carbocycles. The summed E-state index contributed by atoms with van der Waals surface area (Å²) in [6, 6.07) is 64.7. The lowest BCUT2D eigenvalue weighted by Crippen LogP contribution is -2.00. The van der Waals surface area contributed by atoms with Crippen LogP contribution >= 0.6 is 0 Å². The first-order chi connectivity index (χ1) is 24.8. The first-order valence-electron chi connectivity index (χ1n) is 17.0. The van der Waals surface area contributed by atoms with Crippen molar-refractivity contribution in [2.24, 2.45) is 0 Å². The fourth-order valence-corrected chi connectivity index (χ4v) is 7.07. The van der Waals surface area contributed by atoms with E-state index in [1.807, 2.05) is 18.3 Å². The highest BCUT2D eigenvalue weighted by Crippen LogP contribution is 2.38. The monoisotopic (exact) mass is 639 g/mol. The molecule has 9 rings (SSSR count). The zero-order valence-electron chi connectivity index (χ0n) is 27.4. The molecule has 236 valence electrons. The molecule has 3 heteroatoms. The average molecular weight is 640 g/mol. The van der Waals surface area contributed by atoms with Crippen LogP contribution < -0.4 is 0 Å². The predicted molar refractivity (Wildman–Crippen MR) is 207 cm³/mol. The van der Waals surface area contributed by atoms with Crippen LogP contribution in [0.4, 0.5) is 0 Å². The predicted octanol–water partition coefficient (Wildman–Crippen LogP) is 11.8. The third kappa shape index (κ3) is 5.65. The third-order valence-corrected chi connectivity index (χ3v) is 9.44. The zero-order valence-corrected chi connectivity index (χ0v) is 27.4. The second-order valence-electron chi connectivity index (χ2n) is 12.7. The number of rotatable bonds is 7. The van der Waals surface area contributed by atoms with Crippen molar-refractivity contribution in [3.8, 4) is 50.5 Å². The lowest BCUT2D eigenvalue weighted by Gasteiger charge is -2.14. The number of benzene rings is 6. The second kappa shape index (κ2) is 12.8. The summed E-state index contributed by atoms with van der Waals surface area (Å²) in [6.45, 7) is 0. The molecular weight excluding hydrogens is 607 g/mol. The number of hydrogen-bond donors (Lipinski definition) is 0. The summed E-state index contributed by atoms with van der Waals surface area (Å²) in [4.78, 5) is 9.85. The number of fused-ring (bicyclic) bond motifs is 3. The van der Waals surface area contributed by atoms with E-state index < -0.39 is 0 Å². The smallest absolute Gasteiger partial charge is 0.0705 e. The maximum Gasteiger partial charge on any atom is 0.0705 e. The van der Waals surface area contributed by atoms with Gasteiger partial charge in [0.05, 0.1) is 22.4 Å². The molecule has 9 aromatic rings. The van der Waals surface area contributed by atoms with E-state index in [4.69, 9.17) is 9.97 Å². The quantitative estimate of drug-likeness (QED) is 0.174. The third-order valence-electron chi connectivity index (χ3n) is 9.44. The summed E-state index contributed by atoms with van der Waals surface area (Å²) >= 11 is 0. The van der Waals surface area contributed by atoms with Gasteiger partial charge in [0.2, 0.25) is 0 Å². The minimum absolute atomic E-state index is 0.696. The summed E-state index contributed by atoms with van der Waals surface area (Å²) in [5.41, 5.74) is 14.6. The van der Waals surface area contributed by atoms with Crippen LogP contribution in [-0.2, 0) is 6.42 Å². The van der Waals surface area contributed by atoms with Gasteiger partial charge in [0.1, 0.15) is 0 Å². The molecule has 0 radical (unpaired) electrons. The molecule has 0 spiro atoms. The van der Waals surface area contributed by atoms with E-state index in [-0.39, 0.29) is 0 Å². The SMILES string of the molecule is c1ccc(-c2ccc3c(c2)c2cc(-c4ccccc4)ccc2n3-c2cc(Cc3cccc(-c4ccccc4)n3)cc(-c3ccccn3)c2)cc1. The van der Waals surface area contributed by atoms with Gasteiger partial charge in [0.25, 0.3) is 0 Å². The van der Waals surface area contributed by atoms with Crippen LogP contribution in [0.3, 0.4) is 0 Å². The molecule has 0 unspecified atom stereocenters. The molecule has 0 amide bonds. The summed E-state index contributed by atoms with van der Waals surface area (Å²) in [5.74, 6) is 0. The van der Waals surface area contributed by atoms with Crippen molar-refractivity contribution in [1.82, 2.24) is 14.5 Å². The van der Waals surface area contributed by atoms with Gasteiger partial charge < -0.3 is 4.57 Å². The number of nitrogens with zero attached hydrogens (tertiary/aromatic N) is 3. The minimum atomic E-state index is 0.696. The van der Waals surface area contributed by atoms with Crippen LogP contribution in [-0.4, -0.2) is 14.5 Å². The fraction of sp³-hybridized carbons (Fsp3) is 0.0213. The first-order valence-corrected chi connectivity index (χ1v) is 17.0. The second-order valence-corrected chi connectivity index (χ2v) is 12.7. The van der Waals surface area contributed by atoms with E-state index in [1.54, 1.807) is 0 Å². The number of pyridine rings is 2. The van der Waals surface area contributed by atoms with Crippen LogP contribution in [0, 0.1) is 0 Å². The minimum Gasteiger partial charge on any atom is -0.309 e. The zero-order chi connectivity index (χ0) is 33.3. The van der Waals surface area contributed by atoms with E-state index in [0.29, 0.717) is 6.42 Å². The van der Waals surface area contributed by atoms with Gasteiger partial charge in [-0.15, -0.1) is 0 Å². The largest absolute Gasteiger partial charge is 0.309 e. The van der Waals surface area contributed by atoms with Crippen molar-refractivity contribution in [3.05, 3.63) is 199 Å². The Morgan fingerprint density at radius 2 is 0.980 bits per heavy atom. The Labute approximate surface area is 291 Å². The molecule has 6 aromatic carbocycles. The van der Waals surface area contributed by atoms with Gasteiger partial charge >= 0.3 is 0 Å². The molecule has 0 aliphatic heterocycles. The summed E-state index contributed by atoms with van der Waals surface area (Å²) in [6.07, 6.45) is 2.56. The van der Waals surface area contributed by atoms with E-state index in [9.17, 15) is 0 Å². The van der Waals surface area contributed by atoms with Crippen LogP contribution in [0.15, 0.2) is 188 Å². The molecule has 0 aliphatic rings. The number of hydrogen-bond acceptors (Lipinski definition) is 2. The van der Waals surface area contributed by atoms with Crippen molar-refractivity contribution >= 4 is 21.8 Å². The molecule has 3 nitrogen and oxygen atoms in total. The molecule has 50 heavy (non-hydrogen) atoms. The summed E-state index contributed by atoms with van der Waals surface area (Å²) in [5, 5.41) is 2.45. The van der Waals surface area contributed by atoms with E-state index in [0.717, 1.165) is 33.9 Å². The summed E-state index contributed by atoms with van der Waals surface area (Å²) < 4.78 is 2.41. The Morgan fingerprint density at radius 3 is 1.58 bits per heavy atom. The normalized spacial score (nSPS) is 11.3. The molecule has 3 aromatic heterocycles. The van der Waals surface area contributed by atoms with Gasteiger partial charge in [-0.05, 0) is 94.5 Å². The lowest BCUT2D eigenvalue weighted by molar-refractivity contribution is 1.07. The van der Waals surface area contributed by atoms with Crippen molar-refractivity contribution < 1.29 is 0 Å². The molecule has 0 saturated carbocycles. The standard InChI is InChI=1S/C47H33N3/c1-4-13-34(14-5-1)37-22-24-46-42(31-37)43-32-38(35-15-6-2-7-16-35)23-25-47(43)50(46)41-29-33(27-39(30-41)44-20-10-11-26-48-44)28-40-19-12-21-45(49-40)36-17-8-3-9-18-36/h1-27,29-32H,28H2. The Hall–Kier alpha value is -6.58. The average Bonchev–Trinajstić information content (AvgIpc) is 3.52. The van der Waals surface area contributed by atoms with E-state index in [1.165, 1.54) is 49.6 Å². The molecule has 0 N–H and O–H groups in total. The lowest BCUT2D eigenvalue weighted by atomic mass is 10.0. The molecule has 0 saturated heterocycles. The maximum absolute atomic E-state index is 5.09. The highest BCUT2D eigenvalue weighted by Gasteiger charge is 2.17. The van der Waals surface area contributed by atoms with Crippen LogP contribution in [0.1, 0.15) is 11.3 Å². The van der Waals surface area contributed by atoms with Gasteiger partial charge in [0.15, 0.2) is 0 Å². The highest BCUT2D eigenvalue weighted by molar-refractivity contribution is 6.11. The Bertz CT molecular complexity index is 2490. The van der Waals surface area contributed by atoms with Gasteiger partial charge in [0, 0.05) is 45.9 Å². The molecule has 0 fully saturated rings. The molecule has 0 bridgehead atoms. The van der Waals surface area contributed by atoms with Crippen molar-refractivity contribution in [2.75, 3.05) is 0 Å². The highest BCUT2D eigenvalue weighted by atomic mass is 15.0. The Morgan fingerprint density at radius 1 is 0.400 bits per heavy atom. The van der Waals surface area contributed by atoms with Gasteiger partial charge in [-0.2, -0.15) is 0 Å². The Balaban J connectivity index is 1.24. The molecular formula is C47H33N3. The van der Waals surface area contributed by atoms with Crippen molar-refractivity contribution in [2.45, 2.75) is 6.42 Å². The van der Waals surface area contributed by atoms with Crippen LogP contribution in [0.2, 0.25) is 0 Å². The van der Waals surface area contributed by atoms with Crippen LogP contribution in [0.5, 0.6) is 0 Å². The molecule has 3 heterocycles. The number of aromatic nitrogens is 3. The maximum atomic E-state index is 5.09. The fourth-order valence-electron chi connectivity index (χ4n) is 7.07. The first kappa shape index (κ1) is 29.6. The topological polar surface area (TPSA) is 30.7 Å². The van der Waals surface area contributed by atoms with E-state index in [2.05, 4.69) is 174 Å². The van der Waals surface area contributed by atoms with Gasteiger partial charge in [-0.1, -0.05) is 115 Å². The van der Waals surface area contributed by atoms with E-state index >= 15 is 0 Å². The van der Waals surface area contributed by atoms with Gasteiger partial charge in [-0.25, -0.2) is 0 Å². The summed E-state index contributed by atoms with van der Waals surface area (Å²) in [7, 11) is 0. The van der Waals surface area contributed by atoms with Gasteiger partial charge in [-0.3, -0.25) is 9.97 Å². The van der Waals surface area contributed by atoms with Crippen molar-refractivity contribution in [3.63, 3.8) is 0 Å².